The van der Waals surface area contributed by atoms with Crippen molar-refractivity contribution >= 4 is 23.3 Å². The fourth-order valence-corrected chi connectivity index (χ4v) is 7.63. The molecule has 0 heterocycles. The van der Waals surface area contributed by atoms with Crippen LogP contribution in [0.1, 0.15) is 128 Å². The van der Waals surface area contributed by atoms with E-state index in [0.717, 1.165) is 42.8 Å². The number of aliphatic imine (C=N–C) groups is 2. The molecule has 5 aromatic carbocycles. The molecule has 0 aromatic heterocycles. The van der Waals surface area contributed by atoms with Crippen molar-refractivity contribution in [1.29, 1.82) is 0 Å². The Hall–Kier alpha value is -4.56. The van der Waals surface area contributed by atoms with E-state index < -0.39 is 0 Å². The summed E-state index contributed by atoms with van der Waals surface area (Å²) in [4.78, 5) is 10.5. The predicted molar refractivity (Wildman–Crippen MR) is 238 cm³/mol. The van der Waals surface area contributed by atoms with Crippen LogP contribution in [0.25, 0.3) is 33.4 Å². The lowest BCUT2D eigenvalue weighted by atomic mass is 9.88. The molecule has 5 rings (SSSR count). The highest BCUT2D eigenvalue weighted by molar-refractivity contribution is 6.31. The average molecular weight is 717 g/mol. The van der Waals surface area contributed by atoms with Crippen LogP contribution in [0.15, 0.2) is 125 Å². The minimum Gasteiger partial charge on any atom is -0.255 e. The van der Waals surface area contributed by atoms with Crippen molar-refractivity contribution in [3.63, 3.8) is 0 Å². The number of rotatable bonds is 22. The van der Waals surface area contributed by atoms with Crippen molar-refractivity contribution in [3.8, 4) is 33.4 Å². The van der Waals surface area contributed by atoms with Gasteiger partial charge in [0, 0.05) is 6.21 Å². The first-order chi connectivity index (χ1) is 26.6. The van der Waals surface area contributed by atoms with Gasteiger partial charge in [-0.2, -0.15) is 0 Å². The summed E-state index contributed by atoms with van der Waals surface area (Å²) in [6, 6.07) is 42.1. The van der Waals surface area contributed by atoms with Crippen LogP contribution in [0.3, 0.4) is 0 Å². The van der Waals surface area contributed by atoms with E-state index >= 15 is 0 Å². The van der Waals surface area contributed by atoms with Crippen molar-refractivity contribution in [2.24, 2.45) is 9.98 Å². The molecule has 0 saturated heterocycles. The van der Waals surface area contributed by atoms with Gasteiger partial charge in [-0.1, -0.05) is 176 Å². The minimum absolute atomic E-state index is 0.811. The van der Waals surface area contributed by atoms with E-state index in [1.54, 1.807) is 0 Å². The van der Waals surface area contributed by atoms with E-state index in [9.17, 15) is 0 Å². The molecule has 2 nitrogen and oxygen atoms in total. The first-order valence-corrected chi connectivity index (χ1v) is 21.3. The van der Waals surface area contributed by atoms with Gasteiger partial charge in [0.2, 0.25) is 0 Å². The van der Waals surface area contributed by atoms with E-state index in [0.29, 0.717) is 0 Å². The second-order valence-corrected chi connectivity index (χ2v) is 14.9. The van der Waals surface area contributed by atoms with Crippen LogP contribution in [-0.4, -0.2) is 11.9 Å². The topological polar surface area (TPSA) is 24.7 Å². The Morgan fingerprint density at radius 2 is 0.963 bits per heavy atom. The van der Waals surface area contributed by atoms with Gasteiger partial charge in [-0.3, -0.25) is 9.98 Å². The van der Waals surface area contributed by atoms with Gasteiger partial charge in [-0.05, 0) is 119 Å². The van der Waals surface area contributed by atoms with Gasteiger partial charge in [0.1, 0.15) is 0 Å². The highest BCUT2D eigenvalue weighted by atomic mass is 14.8. The van der Waals surface area contributed by atoms with E-state index in [4.69, 9.17) is 9.98 Å². The summed E-state index contributed by atoms with van der Waals surface area (Å²) in [5.74, 6) is 0. The molecule has 0 unspecified atom stereocenters. The summed E-state index contributed by atoms with van der Waals surface area (Å²) in [6.45, 7) is 9.07. The smallest absolute Gasteiger partial charge is 0.0642 e. The zero-order chi connectivity index (χ0) is 37.8. The fourth-order valence-electron chi connectivity index (χ4n) is 7.63. The molecule has 0 bridgehead atoms. The average Bonchev–Trinajstić information content (AvgIpc) is 3.22. The minimum atomic E-state index is 0.811. The molecule has 5 aromatic rings. The van der Waals surface area contributed by atoms with Gasteiger partial charge in [-0.25, -0.2) is 0 Å². The highest BCUT2D eigenvalue weighted by Crippen LogP contribution is 2.39. The standard InChI is InChI=1S/C52H64N2/c1-5-9-12-14-15-26-35-49-44(27-11-7-3)36-48(39-50(49)41-28-20-16-21-29-41)54-46(8-4)40-53-47-37-45(34-19-13-10-6-2)52(43-32-24-18-25-33-43)51(38-47)42-30-22-17-23-31-42/h16-18,20-25,28-33,36-40H,5-15,19,26-27,34-35H2,1-4H3. The van der Waals surface area contributed by atoms with Gasteiger partial charge >= 0.3 is 0 Å². The van der Waals surface area contributed by atoms with Crippen molar-refractivity contribution in [1.82, 2.24) is 0 Å². The molecule has 0 atom stereocenters. The first-order valence-electron chi connectivity index (χ1n) is 21.3. The van der Waals surface area contributed by atoms with Crippen molar-refractivity contribution < 1.29 is 0 Å². The molecule has 0 aliphatic heterocycles. The Morgan fingerprint density at radius 1 is 0.463 bits per heavy atom. The first kappa shape index (κ1) is 40.6. The zero-order valence-corrected chi connectivity index (χ0v) is 33.8. The van der Waals surface area contributed by atoms with Crippen LogP contribution < -0.4 is 0 Å². The monoisotopic (exact) mass is 717 g/mol. The van der Waals surface area contributed by atoms with Crippen LogP contribution in [0.5, 0.6) is 0 Å². The summed E-state index contributed by atoms with van der Waals surface area (Å²) in [6.07, 6.45) is 21.3. The maximum absolute atomic E-state index is 5.32. The molecule has 0 aliphatic carbocycles. The molecule has 0 radical (unpaired) electrons. The summed E-state index contributed by atoms with van der Waals surface area (Å²) in [7, 11) is 0. The van der Waals surface area contributed by atoms with Gasteiger partial charge in [0.25, 0.3) is 0 Å². The number of unbranched alkanes of at least 4 members (excludes halogenated alkanes) is 9. The molecule has 0 spiro atoms. The molecule has 54 heavy (non-hydrogen) atoms. The molecular weight excluding hydrogens is 653 g/mol. The van der Waals surface area contributed by atoms with Gasteiger partial charge < -0.3 is 0 Å². The lowest BCUT2D eigenvalue weighted by molar-refractivity contribution is 0.606. The number of benzene rings is 5. The number of hydrogen-bond donors (Lipinski definition) is 0. The Bertz CT molecular complexity index is 1890. The Morgan fingerprint density at radius 3 is 1.59 bits per heavy atom. The second kappa shape index (κ2) is 22.6. The quantitative estimate of drug-likeness (QED) is 0.0503. The van der Waals surface area contributed by atoms with Crippen molar-refractivity contribution in [3.05, 3.63) is 132 Å². The van der Waals surface area contributed by atoms with Gasteiger partial charge in [-0.15, -0.1) is 0 Å². The molecular formula is C52H64N2. The van der Waals surface area contributed by atoms with E-state index in [-0.39, 0.29) is 0 Å². The normalized spacial score (nSPS) is 11.8. The third-order valence-corrected chi connectivity index (χ3v) is 10.6. The Labute approximate surface area is 327 Å². The van der Waals surface area contributed by atoms with E-state index in [1.165, 1.54) is 127 Å². The molecule has 0 amide bonds. The SMILES string of the molecule is CCCCCCCCc1c(CCCC)cc(N=C(C=Nc2cc(CCCCCC)c(-c3ccccc3)c(-c3ccccc3)c2)CC)cc1-c1ccccc1. The van der Waals surface area contributed by atoms with Crippen molar-refractivity contribution in [2.45, 2.75) is 130 Å². The lowest BCUT2D eigenvalue weighted by Gasteiger charge is -2.18. The summed E-state index contributed by atoms with van der Waals surface area (Å²) in [5.41, 5.74) is 15.1. The van der Waals surface area contributed by atoms with Gasteiger partial charge in [0.15, 0.2) is 0 Å². The van der Waals surface area contributed by atoms with Crippen molar-refractivity contribution in [2.75, 3.05) is 0 Å². The molecule has 0 fully saturated rings. The summed E-state index contributed by atoms with van der Waals surface area (Å²) >= 11 is 0. The fraction of sp³-hybridized carbons (Fsp3) is 0.385. The number of hydrogen-bond acceptors (Lipinski definition) is 2. The van der Waals surface area contributed by atoms with Crippen LogP contribution in [0.4, 0.5) is 11.4 Å². The molecule has 282 valence electrons. The second-order valence-electron chi connectivity index (χ2n) is 14.9. The van der Waals surface area contributed by atoms with Gasteiger partial charge in [0.05, 0.1) is 17.1 Å². The lowest BCUT2D eigenvalue weighted by Crippen LogP contribution is -2.01. The maximum Gasteiger partial charge on any atom is 0.0642 e. The highest BCUT2D eigenvalue weighted by Gasteiger charge is 2.16. The van der Waals surface area contributed by atoms with E-state index in [1.807, 2.05) is 6.21 Å². The van der Waals surface area contributed by atoms with Crippen LogP contribution >= 0.6 is 0 Å². The molecule has 0 saturated carbocycles. The van der Waals surface area contributed by atoms with E-state index in [2.05, 4.69) is 143 Å². The molecule has 0 aliphatic rings. The largest absolute Gasteiger partial charge is 0.255 e. The van der Waals surface area contributed by atoms with Crippen LogP contribution in [0, 0.1) is 0 Å². The van der Waals surface area contributed by atoms with Crippen LogP contribution in [0.2, 0.25) is 0 Å². The Balaban J connectivity index is 1.54. The summed E-state index contributed by atoms with van der Waals surface area (Å²) in [5, 5.41) is 0. The molecule has 2 heteroatoms. The summed E-state index contributed by atoms with van der Waals surface area (Å²) < 4.78 is 0. The Kier molecular flexibility index (Phi) is 17.0. The number of nitrogens with zero attached hydrogens (tertiary/aromatic N) is 2. The zero-order valence-electron chi connectivity index (χ0n) is 33.8. The molecule has 0 N–H and O–H groups in total. The third kappa shape index (κ3) is 12.0. The predicted octanol–water partition coefficient (Wildman–Crippen LogP) is 15.9. The maximum atomic E-state index is 5.32. The van der Waals surface area contributed by atoms with Crippen LogP contribution in [-0.2, 0) is 19.3 Å². The number of aryl methyl sites for hydroxylation is 2. The third-order valence-electron chi connectivity index (χ3n) is 10.6.